The Hall–Kier alpha value is -0.410. The maximum atomic E-state index is 5.77. The van der Waals surface area contributed by atoms with Gasteiger partial charge in [0.1, 0.15) is 5.82 Å². The minimum absolute atomic E-state index is 0.184. The van der Waals surface area contributed by atoms with Crippen LogP contribution in [-0.2, 0) is 0 Å². The summed E-state index contributed by atoms with van der Waals surface area (Å²) in [6, 6.07) is 0. The van der Waals surface area contributed by atoms with Crippen molar-refractivity contribution in [1.82, 2.24) is 15.0 Å². The van der Waals surface area contributed by atoms with Crippen molar-refractivity contribution in [2.45, 2.75) is 51.9 Å². The van der Waals surface area contributed by atoms with Crippen LogP contribution in [0.4, 0.5) is 0 Å². The Balaban J connectivity index is 2.70. The highest BCUT2D eigenvalue weighted by Gasteiger charge is 2.14. The number of aromatic nitrogens is 3. The molecule has 1 aromatic rings. The molecule has 1 aromatic heterocycles. The zero-order valence-electron chi connectivity index (χ0n) is 9.71. The molecule has 0 radical (unpaired) electrons. The van der Waals surface area contributed by atoms with Gasteiger partial charge in [-0.3, -0.25) is 0 Å². The molecular weight excluding hydrogens is 245 g/mol. The molecular formula is C11H17Cl2N3. The van der Waals surface area contributed by atoms with E-state index in [0.29, 0.717) is 5.92 Å². The van der Waals surface area contributed by atoms with Gasteiger partial charge in [0.15, 0.2) is 0 Å². The van der Waals surface area contributed by atoms with Crippen molar-refractivity contribution in [3.8, 4) is 0 Å². The molecule has 1 atom stereocenters. The minimum Gasteiger partial charge on any atom is -0.202 e. The molecule has 16 heavy (non-hydrogen) atoms. The second-order valence-electron chi connectivity index (χ2n) is 3.83. The average Bonchev–Trinajstić information content (AvgIpc) is 2.23. The first-order valence-electron chi connectivity index (χ1n) is 5.74. The molecule has 0 N–H and O–H groups in total. The van der Waals surface area contributed by atoms with Gasteiger partial charge in [-0.05, 0) is 36.0 Å². The lowest BCUT2D eigenvalue weighted by Crippen LogP contribution is -2.05. The predicted molar refractivity (Wildman–Crippen MR) is 67.0 cm³/mol. The molecule has 3 nitrogen and oxygen atoms in total. The molecule has 1 heterocycles. The van der Waals surface area contributed by atoms with E-state index in [9.17, 15) is 0 Å². The molecule has 1 rings (SSSR count). The maximum absolute atomic E-state index is 5.77. The summed E-state index contributed by atoms with van der Waals surface area (Å²) in [6.45, 7) is 4.32. The smallest absolute Gasteiger partial charge is 0.202 e. The quantitative estimate of drug-likeness (QED) is 0.719. The van der Waals surface area contributed by atoms with Crippen LogP contribution in [0.1, 0.15) is 57.7 Å². The van der Waals surface area contributed by atoms with Gasteiger partial charge in [0, 0.05) is 5.92 Å². The predicted octanol–water partition coefficient (Wildman–Crippen LogP) is 4.25. The van der Waals surface area contributed by atoms with E-state index in [2.05, 4.69) is 28.8 Å². The Morgan fingerprint density at radius 2 is 1.62 bits per heavy atom. The van der Waals surface area contributed by atoms with Gasteiger partial charge >= 0.3 is 0 Å². The van der Waals surface area contributed by atoms with Crippen molar-refractivity contribution >= 4 is 23.2 Å². The molecule has 0 spiro atoms. The Morgan fingerprint density at radius 1 is 1.00 bits per heavy atom. The van der Waals surface area contributed by atoms with Crippen molar-refractivity contribution < 1.29 is 0 Å². The van der Waals surface area contributed by atoms with E-state index in [0.717, 1.165) is 18.7 Å². The zero-order chi connectivity index (χ0) is 12.0. The monoisotopic (exact) mass is 261 g/mol. The molecule has 0 aromatic carbocycles. The fourth-order valence-electron chi connectivity index (χ4n) is 1.68. The molecule has 90 valence electrons. The van der Waals surface area contributed by atoms with E-state index in [1.165, 1.54) is 19.3 Å². The van der Waals surface area contributed by atoms with Gasteiger partial charge in [0.25, 0.3) is 0 Å². The van der Waals surface area contributed by atoms with Crippen LogP contribution in [-0.4, -0.2) is 15.0 Å². The number of halogens is 2. The van der Waals surface area contributed by atoms with Crippen LogP contribution in [0.2, 0.25) is 10.6 Å². The summed E-state index contributed by atoms with van der Waals surface area (Å²) < 4.78 is 0. The van der Waals surface area contributed by atoms with E-state index in [1.807, 2.05) is 0 Å². The van der Waals surface area contributed by atoms with Gasteiger partial charge in [0.05, 0.1) is 0 Å². The van der Waals surface area contributed by atoms with E-state index in [-0.39, 0.29) is 10.6 Å². The van der Waals surface area contributed by atoms with E-state index < -0.39 is 0 Å². The Bertz CT molecular complexity index is 311. The topological polar surface area (TPSA) is 38.7 Å². The summed E-state index contributed by atoms with van der Waals surface area (Å²) in [5.41, 5.74) is 0. The van der Waals surface area contributed by atoms with E-state index >= 15 is 0 Å². The molecule has 0 fully saturated rings. The number of hydrogen-bond acceptors (Lipinski definition) is 3. The van der Waals surface area contributed by atoms with Crippen LogP contribution in [0.3, 0.4) is 0 Å². The van der Waals surface area contributed by atoms with Crippen molar-refractivity contribution in [2.75, 3.05) is 0 Å². The first kappa shape index (κ1) is 13.7. The summed E-state index contributed by atoms with van der Waals surface area (Å²) in [5, 5.41) is 0.368. The number of nitrogens with zero attached hydrogens (tertiary/aromatic N) is 3. The number of rotatable bonds is 6. The van der Waals surface area contributed by atoms with E-state index in [1.54, 1.807) is 0 Å². The lowest BCUT2D eigenvalue weighted by molar-refractivity contribution is 0.528. The van der Waals surface area contributed by atoms with Crippen LogP contribution in [0, 0.1) is 0 Å². The lowest BCUT2D eigenvalue weighted by atomic mass is 9.98. The van der Waals surface area contributed by atoms with Crippen molar-refractivity contribution in [1.29, 1.82) is 0 Å². The van der Waals surface area contributed by atoms with Gasteiger partial charge in [0.2, 0.25) is 10.6 Å². The maximum Gasteiger partial charge on any atom is 0.226 e. The molecule has 0 aliphatic rings. The fraction of sp³-hybridized carbons (Fsp3) is 0.727. The Morgan fingerprint density at radius 3 is 2.12 bits per heavy atom. The van der Waals surface area contributed by atoms with Crippen LogP contribution in [0.15, 0.2) is 0 Å². The van der Waals surface area contributed by atoms with Gasteiger partial charge in [-0.15, -0.1) is 0 Å². The average molecular weight is 262 g/mol. The highest BCUT2D eigenvalue weighted by Crippen LogP contribution is 2.24. The normalized spacial score (nSPS) is 12.8. The number of unbranched alkanes of at least 4 members (excludes halogenated alkanes) is 2. The summed E-state index contributed by atoms with van der Waals surface area (Å²) in [5.74, 6) is 1.06. The highest BCUT2D eigenvalue weighted by atomic mass is 35.5. The van der Waals surface area contributed by atoms with Crippen molar-refractivity contribution in [3.63, 3.8) is 0 Å². The van der Waals surface area contributed by atoms with Gasteiger partial charge in [-0.1, -0.05) is 33.1 Å². The molecule has 0 saturated carbocycles. The second kappa shape index (κ2) is 7.02. The van der Waals surface area contributed by atoms with Crippen LogP contribution in [0.5, 0.6) is 0 Å². The van der Waals surface area contributed by atoms with Gasteiger partial charge in [-0.2, -0.15) is 4.98 Å². The molecule has 0 aliphatic heterocycles. The molecule has 1 unspecified atom stereocenters. The summed E-state index contributed by atoms with van der Waals surface area (Å²) in [6.07, 6.45) is 5.73. The van der Waals surface area contributed by atoms with Crippen molar-refractivity contribution in [3.05, 3.63) is 16.4 Å². The van der Waals surface area contributed by atoms with Crippen molar-refractivity contribution in [2.24, 2.45) is 0 Å². The molecule has 0 bridgehead atoms. The Kier molecular flexibility index (Phi) is 5.99. The van der Waals surface area contributed by atoms with E-state index in [4.69, 9.17) is 23.2 Å². The summed E-state index contributed by atoms with van der Waals surface area (Å²) in [7, 11) is 0. The minimum atomic E-state index is 0.184. The first-order valence-corrected chi connectivity index (χ1v) is 6.49. The largest absolute Gasteiger partial charge is 0.226 e. The molecule has 5 heteroatoms. The molecule has 0 aliphatic carbocycles. The van der Waals surface area contributed by atoms with Gasteiger partial charge < -0.3 is 0 Å². The van der Waals surface area contributed by atoms with Gasteiger partial charge in [-0.25, -0.2) is 9.97 Å². The molecule has 0 saturated heterocycles. The SMILES string of the molecule is CCCCCC(CC)c1nc(Cl)nc(Cl)n1. The standard InChI is InChI=1S/C11H17Cl2N3/c1-3-5-6-7-8(4-2)9-14-10(12)16-11(13)15-9/h8H,3-7H2,1-2H3. The van der Waals surface area contributed by atoms with Crippen LogP contribution in [0.25, 0.3) is 0 Å². The third-order valence-corrected chi connectivity index (χ3v) is 2.95. The number of hydrogen-bond donors (Lipinski definition) is 0. The first-order chi connectivity index (χ1) is 7.67. The summed E-state index contributed by atoms with van der Waals surface area (Å²) in [4.78, 5) is 12.0. The lowest BCUT2D eigenvalue weighted by Gasteiger charge is -2.12. The zero-order valence-corrected chi connectivity index (χ0v) is 11.2. The fourth-order valence-corrected chi connectivity index (χ4v) is 2.06. The highest BCUT2D eigenvalue weighted by molar-refractivity contribution is 6.31. The molecule has 0 amide bonds. The van der Waals surface area contributed by atoms with Crippen LogP contribution < -0.4 is 0 Å². The Labute approximate surface area is 107 Å². The second-order valence-corrected chi connectivity index (χ2v) is 4.51. The third kappa shape index (κ3) is 4.22. The third-order valence-electron chi connectivity index (χ3n) is 2.61. The summed E-state index contributed by atoms with van der Waals surface area (Å²) >= 11 is 11.5. The van der Waals surface area contributed by atoms with Crippen LogP contribution >= 0.6 is 23.2 Å².